The number of likely N-dealkylation sites (N-methyl/N-ethyl adjacent to an activating group) is 1. The summed E-state index contributed by atoms with van der Waals surface area (Å²) in [6, 6.07) is 7.80. The number of carbonyl (C=O) groups excluding carboxylic acids is 1. The first kappa shape index (κ1) is 31.1. The number of nitrogens with zero attached hydrogens (tertiary/aromatic N) is 3. The summed E-state index contributed by atoms with van der Waals surface area (Å²) >= 11 is 0. The van der Waals surface area contributed by atoms with Gasteiger partial charge in [-0.25, -0.2) is 14.0 Å². The van der Waals surface area contributed by atoms with Gasteiger partial charge in [-0.05, 0) is 30.5 Å². The van der Waals surface area contributed by atoms with Crippen LogP contribution in [0.25, 0.3) is 0 Å². The number of carboxylic acids is 2. The number of aliphatic carboxylic acids is 2. The Balaban J connectivity index is 0.000000383. The van der Waals surface area contributed by atoms with Gasteiger partial charge in [0.2, 0.25) is 5.91 Å². The summed E-state index contributed by atoms with van der Waals surface area (Å²) in [7, 11) is 3.62. The van der Waals surface area contributed by atoms with E-state index in [0.717, 1.165) is 38.0 Å². The Morgan fingerprint density at radius 1 is 0.861 bits per heavy atom. The van der Waals surface area contributed by atoms with E-state index in [1.54, 1.807) is 4.90 Å². The van der Waals surface area contributed by atoms with Crippen molar-refractivity contribution in [2.75, 3.05) is 33.7 Å². The van der Waals surface area contributed by atoms with Crippen LogP contribution in [0.3, 0.4) is 0 Å². The molecule has 1 amide bonds. The molecule has 2 atom stereocenters. The minimum atomic E-state index is -5.08. The molecule has 2 saturated heterocycles. The maximum Gasteiger partial charge on any atom is 0.490 e. The molecule has 0 radical (unpaired) electrons. The second kappa shape index (κ2) is 12.9. The second-order valence-corrected chi connectivity index (χ2v) is 8.17. The minimum Gasteiger partial charge on any atom is -0.475 e. The van der Waals surface area contributed by atoms with Gasteiger partial charge < -0.3 is 15.1 Å². The highest BCUT2D eigenvalue weighted by atomic mass is 19.4. The van der Waals surface area contributed by atoms with Gasteiger partial charge in [0.25, 0.3) is 0 Å². The van der Waals surface area contributed by atoms with Crippen LogP contribution in [0.4, 0.5) is 30.7 Å². The van der Waals surface area contributed by atoms with Crippen molar-refractivity contribution in [1.82, 2.24) is 14.7 Å². The Bertz CT molecular complexity index is 867. The van der Waals surface area contributed by atoms with Crippen molar-refractivity contribution >= 4 is 17.8 Å². The average Bonchev–Trinajstić information content (AvgIpc) is 3.32. The molecule has 2 heterocycles. The molecule has 8 nitrogen and oxygen atoms in total. The average molecular weight is 533 g/mol. The highest BCUT2D eigenvalue weighted by Crippen LogP contribution is 2.32. The van der Waals surface area contributed by atoms with Gasteiger partial charge in [-0.3, -0.25) is 14.6 Å². The minimum absolute atomic E-state index is 0.178. The van der Waals surface area contributed by atoms with Gasteiger partial charge >= 0.3 is 24.3 Å². The number of halogens is 7. The van der Waals surface area contributed by atoms with Crippen LogP contribution in [-0.4, -0.2) is 101 Å². The summed E-state index contributed by atoms with van der Waals surface area (Å²) in [5.41, 5.74) is 1.16. The van der Waals surface area contributed by atoms with Crippen LogP contribution in [0.15, 0.2) is 24.3 Å². The van der Waals surface area contributed by atoms with E-state index in [1.807, 2.05) is 26.2 Å². The van der Waals surface area contributed by atoms with E-state index in [1.165, 1.54) is 12.1 Å². The number of likely N-dealkylation sites (tertiary alicyclic amines) is 2. The van der Waals surface area contributed by atoms with Gasteiger partial charge in [0.05, 0.1) is 6.54 Å². The molecule has 0 spiro atoms. The fraction of sp³-hybridized carbons (Fsp3) is 0.571. The molecule has 204 valence electrons. The van der Waals surface area contributed by atoms with Crippen molar-refractivity contribution in [2.45, 2.75) is 43.8 Å². The molecule has 2 aliphatic heterocycles. The Morgan fingerprint density at radius 3 is 1.64 bits per heavy atom. The summed E-state index contributed by atoms with van der Waals surface area (Å²) < 4.78 is 76.5. The zero-order valence-electron chi connectivity index (χ0n) is 19.3. The lowest BCUT2D eigenvalue weighted by Crippen LogP contribution is -2.41. The molecule has 0 bridgehead atoms. The SMILES string of the molecule is CN(C)C(=O)CN1CC[C@@H]2[C@@H]1CCN2Cc1ccc(F)cc1.O=C(O)C(F)(F)F.O=C(O)C(F)(F)F. The second-order valence-electron chi connectivity index (χ2n) is 8.17. The zero-order valence-corrected chi connectivity index (χ0v) is 19.3. The largest absolute Gasteiger partial charge is 0.490 e. The van der Waals surface area contributed by atoms with Crippen molar-refractivity contribution in [3.05, 3.63) is 35.6 Å². The van der Waals surface area contributed by atoms with E-state index in [9.17, 15) is 35.5 Å². The number of hydrogen-bond acceptors (Lipinski definition) is 5. The van der Waals surface area contributed by atoms with Crippen LogP contribution < -0.4 is 0 Å². The summed E-state index contributed by atoms with van der Waals surface area (Å²) in [6.07, 6.45) is -7.93. The molecular formula is C21H26F7N3O5. The molecule has 2 aliphatic rings. The van der Waals surface area contributed by atoms with Crippen LogP contribution in [0.2, 0.25) is 0 Å². The summed E-state index contributed by atoms with van der Waals surface area (Å²) in [4.78, 5) is 36.2. The molecule has 1 aromatic carbocycles. The normalized spacial score (nSPS) is 19.9. The van der Waals surface area contributed by atoms with Crippen LogP contribution in [0.1, 0.15) is 18.4 Å². The molecule has 1 aromatic rings. The van der Waals surface area contributed by atoms with Gasteiger partial charge in [0, 0.05) is 45.8 Å². The highest BCUT2D eigenvalue weighted by Gasteiger charge is 2.42. The zero-order chi connectivity index (χ0) is 27.8. The summed E-state index contributed by atoms with van der Waals surface area (Å²) in [6.45, 7) is 3.45. The first-order chi connectivity index (χ1) is 16.4. The van der Waals surface area contributed by atoms with Crippen molar-refractivity contribution in [2.24, 2.45) is 0 Å². The van der Waals surface area contributed by atoms with E-state index < -0.39 is 24.3 Å². The maximum absolute atomic E-state index is 13.0. The number of fused-ring (bicyclic) bond motifs is 1. The molecule has 15 heteroatoms. The lowest BCUT2D eigenvalue weighted by molar-refractivity contribution is -0.193. The Hall–Kier alpha value is -2.94. The topological polar surface area (TPSA) is 101 Å². The van der Waals surface area contributed by atoms with Crippen LogP contribution in [0.5, 0.6) is 0 Å². The molecular weight excluding hydrogens is 507 g/mol. The fourth-order valence-corrected chi connectivity index (χ4v) is 3.70. The van der Waals surface area contributed by atoms with Gasteiger partial charge in [-0.2, -0.15) is 26.3 Å². The predicted molar refractivity (Wildman–Crippen MR) is 111 cm³/mol. The van der Waals surface area contributed by atoms with Crippen molar-refractivity contribution in [1.29, 1.82) is 0 Å². The van der Waals surface area contributed by atoms with Crippen LogP contribution in [-0.2, 0) is 20.9 Å². The van der Waals surface area contributed by atoms with Crippen molar-refractivity contribution in [3.63, 3.8) is 0 Å². The lowest BCUT2D eigenvalue weighted by Gasteiger charge is -2.26. The van der Waals surface area contributed by atoms with Crippen molar-refractivity contribution in [3.8, 4) is 0 Å². The number of alkyl halides is 6. The van der Waals surface area contributed by atoms with E-state index in [-0.39, 0.29) is 11.7 Å². The fourth-order valence-electron chi connectivity index (χ4n) is 3.70. The van der Waals surface area contributed by atoms with Gasteiger partial charge in [-0.1, -0.05) is 12.1 Å². The van der Waals surface area contributed by atoms with Crippen LogP contribution in [0, 0.1) is 5.82 Å². The third kappa shape index (κ3) is 9.97. The molecule has 36 heavy (non-hydrogen) atoms. The molecule has 2 fully saturated rings. The van der Waals surface area contributed by atoms with E-state index >= 15 is 0 Å². The number of carbonyl (C=O) groups is 3. The quantitative estimate of drug-likeness (QED) is 0.574. The molecule has 0 saturated carbocycles. The Labute approximate surface area is 201 Å². The molecule has 0 unspecified atom stereocenters. The van der Waals surface area contributed by atoms with Gasteiger partial charge in [-0.15, -0.1) is 0 Å². The molecule has 0 aliphatic carbocycles. The van der Waals surface area contributed by atoms with E-state index in [2.05, 4.69) is 9.80 Å². The summed E-state index contributed by atoms with van der Waals surface area (Å²) in [5.74, 6) is -5.52. The van der Waals surface area contributed by atoms with Crippen LogP contribution >= 0.6 is 0 Å². The van der Waals surface area contributed by atoms with E-state index in [0.29, 0.717) is 18.6 Å². The molecule has 2 N–H and O–H groups in total. The predicted octanol–water partition coefficient (Wildman–Crippen LogP) is 2.83. The molecule has 3 rings (SSSR count). The third-order valence-corrected chi connectivity index (χ3v) is 5.43. The van der Waals surface area contributed by atoms with E-state index in [4.69, 9.17) is 19.8 Å². The van der Waals surface area contributed by atoms with Gasteiger partial charge in [0.1, 0.15) is 5.82 Å². The standard InChI is InChI=1S/C17H24FN3O.2C2HF3O2/c1-19(2)17(22)12-21-10-8-15-16(21)7-9-20(15)11-13-3-5-14(18)6-4-13;2*3-2(4,5)1(6)7/h3-6,15-16H,7-12H2,1-2H3;2*(H,6,7)/t15-,16+;;/m1../s1. The summed E-state index contributed by atoms with van der Waals surface area (Å²) in [5, 5.41) is 14.2. The highest BCUT2D eigenvalue weighted by molar-refractivity contribution is 5.77. The molecule has 0 aromatic heterocycles. The first-order valence-corrected chi connectivity index (χ1v) is 10.5. The lowest BCUT2D eigenvalue weighted by atomic mass is 10.1. The van der Waals surface area contributed by atoms with Gasteiger partial charge in [0.15, 0.2) is 0 Å². The first-order valence-electron chi connectivity index (χ1n) is 10.5. The maximum atomic E-state index is 13.0. The third-order valence-electron chi connectivity index (χ3n) is 5.43. The number of amides is 1. The smallest absolute Gasteiger partial charge is 0.475 e. The number of benzene rings is 1. The number of carboxylic acid groups (broad SMARTS) is 2. The number of rotatable bonds is 4. The number of hydrogen-bond donors (Lipinski definition) is 2. The van der Waals surface area contributed by atoms with Crippen molar-refractivity contribution < 1.29 is 55.3 Å². The monoisotopic (exact) mass is 533 g/mol. The Kier molecular flexibility index (Phi) is 11.1. The Morgan fingerprint density at radius 2 is 1.25 bits per heavy atom.